The molecule has 4 rings (SSSR count). The van der Waals surface area contributed by atoms with Crippen molar-refractivity contribution < 1.29 is 4.79 Å². The molecule has 2 aromatic rings. The van der Waals surface area contributed by atoms with Crippen LogP contribution in [-0.4, -0.2) is 28.9 Å². The summed E-state index contributed by atoms with van der Waals surface area (Å²) < 4.78 is 0. The fourth-order valence-corrected chi connectivity index (χ4v) is 4.11. The standard InChI is InChI=1S/C19H20ClN3O/c1-13-10-14(4-7-21-13)12-23-8-5-19(6-9-23)16-11-15(20)2-3-17(16)22-18(19)24/h2-4,7,10-11H,5-6,8-9,12H2,1H3,(H,22,24). The van der Waals surface area contributed by atoms with Crippen LogP contribution in [0.25, 0.3) is 0 Å². The molecule has 0 bridgehead atoms. The topological polar surface area (TPSA) is 45.2 Å². The van der Waals surface area contributed by atoms with Crippen molar-refractivity contribution in [2.75, 3.05) is 18.4 Å². The molecule has 1 spiro atoms. The molecule has 4 nitrogen and oxygen atoms in total. The number of carbonyl (C=O) groups is 1. The van der Waals surface area contributed by atoms with Crippen LogP contribution in [0, 0.1) is 6.92 Å². The van der Waals surface area contributed by atoms with Crippen molar-refractivity contribution in [3.63, 3.8) is 0 Å². The number of halogens is 1. The van der Waals surface area contributed by atoms with Gasteiger partial charge >= 0.3 is 0 Å². The van der Waals surface area contributed by atoms with Gasteiger partial charge < -0.3 is 5.32 Å². The molecule has 3 heterocycles. The summed E-state index contributed by atoms with van der Waals surface area (Å²) in [5.74, 6) is 0.124. The fourth-order valence-electron chi connectivity index (χ4n) is 3.94. The Bertz CT molecular complexity index is 797. The predicted octanol–water partition coefficient (Wildman–Crippen LogP) is 3.53. The fraction of sp³-hybridized carbons (Fsp3) is 0.368. The molecule has 24 heavy (non-hydrogen) atoms. The average Bonchev–Trinajstić information content (AvgIpc) is 2.82. The van der Waals surface area contributed by atoms with E-state index in [4.69, 9.17) is 11.6 Å². The van der Waals surface area contributed by atoms with Gasteiger partial charge in [0.15, 0.2) is 0 Å². The quantitative estimate of drug-likeness (QED) is 0.908. The monoisotopic (exact) mass is 341 g/mol. The van der Waals surface area contributed by atoms with Crippen molar-refractivity contribution in [1.29, 1.82) is 0 Å². The predicted molar refractivity (Wildman–Crippen MR) is 95.2 cm³/mol. The van der Waals surface area contributed by atoms with Crippen LogP contribution in [0.3, 0.4) is 0 Å². The maximum Gasteiger partial charge on any atom is 0.235 e. The molecule has 2 aliphatic rings. The molecular weight excluding hydrogens is 322 g/mol. The van der Waals surface area contributed by atoms with Gasteiger partial charge in [-0.25, -0.2) is 0 Å². The van der Waals surface area contributed by atoms with Crippen LogP contribution < -0.4 is 5.32 Å². The zero-order chi connectivity index (χ0) is 16.7. The Labute approximate surface area is 146 Å². The van der Waals surface area contributed by atoms with Gasteiger partial charge in [0, 0.05) is 29.1 Å². The van der Waals surface area contributed by atoms with Gasteiger partial charge in [-0.2, -0.15) is 0 Å². The van der Waals surface area contributed by atoms with Crippen LogP contribution >= 0.6 is 11.6 Å². The molecule has 1 aromatic carbocycles. The molecule has 1 amide bonds. The number of amides is 1. The molecule has 0 unspecified atom stereocenters. The van der Waals surface area contributed by atoms with Crippen molar-refractivity contribution in [1.82, 2.24) is 9.88 Å². The summed E-state index contributed by atoms with van der Waals surface area (Å²) >= 11 is 6.17. The Kier molecular flexibility index (Phi) is 3.82. The van der Waals surface area contributed by atoms with E-state index in [1.807, 2.05) is 31.3 Å². The first kappa shape index (κ1) is 15.6. The highest BCUT2D eigenvalue weighted by atomic mass is 35.5. The van der Waals surface area contributed by atoms with Crippen molar-refractivity contribution in [2.24, 2.45) is 0 Å². The maximum atomic E-state index is 12.6. The van der Waals surface area contributed by atoms with Crippen LogP contribution in [0.15, 0.2) is 36.5 Å². The second-order valence-electron chi connectivity index (χ2n) is 6.81. The number of hydrogen-bond acceptors (Lipinski definition) is 3. The van der Waals surface area contributed by atoms with Crippen molar-refractivity contribution in [2.45, 2.75) is 31.7 Å². The maximum absolute atomic E-state index is 12.6. The molecule has 124 valence electrons. The smallest absolute Gasteiger partial charge is 0.235 e. The van der Waals surface area contributed by atoms with Gasteiger partial charge in [0.25, 0.3) is 0 Å². The first-order chi connectivity index (χ1) is 11.6. The lowest BCUT2D eigenvalue weighted by molar-refractivity contribution is -0.122. The Balaban J connectivity index is 1.52. The minimum atomic E-state index is -0.412. The first-order valence-electron chi connectivity index (χ1n) is 8.32. The Morgan fingerprint density at radius 3 is 2.79 bits per heavy atom. The number of carbonyl (C=O) groups excluding carboxylic acids is 1. The third-order valence-corrected chi connectivity index (χ3v) is 5.49. The van der Waals surface area contributed by atoms with Crippen molar-refractivity contribution in [3.8, 4) is 0 Å². The van der Waals surface area contributed by atoms with E-state index < -0.39 is 5.41 Å². The lowest BCUT2D eigenvalue weighted by atomic mass is 9.73. The molecule has 5 heteroatoms. The van der Waals surface area contributed by atoms with Gasteiger partial charge in [-0.05, 0) is 74.3 Å². The number of aryl methyl sites for hydroxylation is 1. The minimum Gasteiger partial charge on any atom is -0.325 e. The normalized spacial score (nSPS) is 19.3. The summed E-state index contributed by atoms with van der Waals surface area (Å²) in [6, 6.07) is 9.89. The molecule has 1 aromatic heterocycles. The van der Waals surface area contributed by atoms with E-state index in [1.165, 1.54) is 5.56 Å². The summed E-state index contributed by atoms with van der Waals surface area (Å²) in [6.45, 7) is 4.73. The minimum absolute atomic E-state index is 0.124. The second-order valence-corrected chi connectivity index (χ2v) is 7.24. The van der Waals surface area contributed by atoms with Crippen molar-refractivity contribution in [3.05, 3.63) is 58.4 Å². The number of piperidine rings is 1. The van der Waals surface area contributed by atoms with Gasteiger partial charge in [0.05, 0.1) is 5.41 Å². The third kappa shape index (κ3) is 2.60. The average molecular weight is 342 g/mol. The van der Waals surface area contributed by atoms with E-state index in [0.717, 1.165) is 49.4 Å². The Morgan fingerprint density at radius 2 is 2.04 bits per heavy atom. The molecule has 2 aliphatic heterocycles. The molecular formula is C19H20ClN3O. The van der Waals surface area contributed by atoms with Gasteiger partial charge in [-0.1, -0.05) is 11.6 Å². The molecule has 1 fully saturated rings. The van der Waals surface area contributed by atoms with Gasteiger partial charge in [0.2, 0.25) is 5.91 Å². The number of rotatable bonds is 2. The Morgan fingerprint density at radius 1 is 1.25 bits per heavy atom. The summed E-state index contributed by atoms with van der Waals surface area (Å²) in [5, 5.41) is 3.73. The number of pyridine rings is 1. The van der Waals surface area contributed by atoms with Crippen LogP contribution in [0.2, 0.25) is 5.02 Å². The second kappa shape index (κ2) is 5.87. The van der Waals surface area contributed by atoms with E-state index in [-0.39, 0.29) is 5.91 Å². The molecule has 0 radical (unpaired) electrons. The summed E-state index contributed by atoms with van der Waals surface area (Å²) in [7, 11) is 0. The molecule has 0 atom stereocenters. The van der Waals surface area contributed by atoms with E-state index in [1.54, 1.807) is 0 Å². The van der Waals surface area contributed by atoms with Gasteiger partial charge in [0.1, 0.15) is 0 Å². The Hall–Kier alpha value is -1.91. The van der Waals surface area contributed by atoms with Crippen LogP contribution in [0.1, 0.15) is 29.7 Å². The van der Waals surface area contributed by atoms with Gasteiger partial charge in [-0.15, -0.1) is 0 Å². The molecule has 1 N–H and O–H groups in total. The van der Waals surface area contributed by atoms with Crippen LogP contribution in [0.4, 0.5) is 5.69 Å². The highest BCUT2D eigenvalue weighted by Gasteiger charge is 2.48. The van der Waals surface area contributed by atoms with E-state index in [9.17, 15) is 4.79 Å². The number of aromatic nitrogens is 1. The first-order valence-corrected chi connectivity index (χ1v) is 8.70. The summed E-state index contributed by atoms with van der Waals surface area (Å²) in [4.78, 5) is 19.3. The van der Waals surface area contributed by atoms with Crippen LogP contribution in [-0.2, 0) is 16.8 Å². The van der Waals surface area contributed by atoms with Gasteiger partial charge in [-0.3, -0.25) is 14.7 Å². The lowest BCUT2D eigenvalue weighted by Gasteiger charge is -2.38. The number of nitrogens with one attached hydrogen (secondary N) is 1. The summed E-state index contributed by atoms with van der Waals surface area (Å²) in [6.07, 6.45) is 3.52. The van der Waals surface area contributed by atoms with Crippen molar-refractivity contribution >= 4 is 23.2 Å². The number of anilines is 1. The number of likely N-dealkylation sites (tertiary alicyclic amines) is 1. The zero-order valence-corrected chi connectivity index (χ0v) is 14.4. The summed E-state index contributed by atoms with van der Waals surface area (Å²) in [5.41, 5.74) is 3.89. The van der Waals surface area contributed by atoms with E-state index in [0.29, 0.717) is 5.02 Å². The largest absolute Gasteiger partial charge is 0.325 e. The zero-order valence-electron chi connectivity index (χ0n) is 13.7. The SMILES string of the molecule is Cc1cc(CN2CCC3(CC2)C(=O)Nc2ccc(Cl)cc23)ccn1. The molecule has 0 saturated carbocycles. The highest BCUT2D eigenvalue weighted by Crippen LogP contribution is 2.45. The van der Waals surface area contributed by atoms with Crippen LogP contribution in [0.5, 0.6) is 0 Å². The molecule has 0 aliphatic carbocycles. The van der Waals surface area contributed by atoms with E-state index in [2.05, 4.69) is 27.3 Å². The number of hydrogen-bond donors (Lipinski definition) is 1. The third-order valence-electron chi connectivity index (χ3n) is 5.26. The lowest BCUT2D eigenvalue weighted by Crippen LogP contribution is -2.46. The number of fused-ring (bicyclic) bond motifs is 2. The number of benzene rings is 1. The number of nitrogens with zero attached hydrogens (tertiary/aromatic N) is 2. The van der Waals surface area contributed by atoms with E-state index >= 15 is 0 Å². The molecule has 1 saturated heterocycles. The highest BCUT2D eigenvalue weighted by molar-refractivity contribution is 6.31.